The summed E-state index contributed by atoms with van der Waals surface area (Å²) in [6.45, 7) is 6.55. The lowest BCUT2D eigenvalue weighted by Crippen LogP contribution is -1.94. The number of H-pyrrole nitrogens is 1. The van der Waals surface area contributed by atoms with Crippen molar-refractivity contribution in [1.82, 2.24) is 4.98 Å². The Morgan fingerprint density at radius 2 is 1.91 bits per heavy atom. The maximum absolute atomic E-state index is 6.57. The summed E-state index contributed by atoms with van der Waals surface area (Å²) in [4.78, 5) is 3.51. The van der Waals surface area contributed by atoms with Gasteiger partial charge in [-0.25, -0.2) is 0 Å². The zero-order chi connectivity index (χ0) is 16.6. The Kier molecular flexibility index (Phi) is 4.36. The van der Waals surface area contributed by atoms with Gasteiger partial charge in [0.15, 0.2) is 0 Å². The number of hydrogen-bond donors (Lipinski definition) is 2. The lowest BCUT2D eigenvalue weighted by atomic mass is 9.99. The summed E-state index contributed by atoms with van der Waals surface area (Å²) in [7, 11) is 1.96. The van der Waals surface area contributed by atoms with Gasteiger partial charge in [0, 0.05) is 39.9 Å². The van der Waals surface area contributed by atoms with E-state index in [0.29, 0.717) is 5.92 Å². The standard InChI is InChI=1S/C20H23ClN2/c1-5-13-8-14(6-7-18(13)22-4)16-11-20-15(9-17(16)21)10-19(23-20)12(2)3/h6-12,22-23H,5H2,1-4H3. The number of nitrogens with one attached hydrogen (secondary N) is 2. The molecule has 0 saturated carbocycles. The van der Waals surface area contributed by atoms with E-state index in [1.165, 1.54) is 22.3 Å². The number of benzene rings is 2. The predicted octanol–water partition coefficient (Wildman–Crippen LogP) is 6.22. The molecule has 0 radical (unpaired) electrons. The molecule has 2 N–H and O–H groups in total. The summed E-state index contributed by atoms with van der Waals surface area (Å²) in [5.74, 6) is 0.478. The van der Waals surface area contributed by atoms with Crippen LogP contribution in [0, 0.1) is 0 Å². The number of fused-ring (bicyclic) bond motifs is 1. The highest BCUT2D eigenvalue weighted by Crippen LogP contribution is 2.35. The van der Waals surface area contributed by atoms with Crippen molar-refractivity contribution in [2.75, 3.05) is 12.4 Å². The third-order valence-corrected chi connectivity index (χ3v) is 4.73. The van der Waals surface area contributed by atoms with Crippen molar-refractivity contribution in [2.24, 2.45) is 0 Å². The molecule has 1 heterocycles. The van der Waals surface area contributed by atoms with Gasteiger partial charge in [-0.3, -0.25) is 0 Å². The summed E-state index contributed by atoms with van der Waals surface area (Å²) < 4.78 is 0. The topological polar surface area (TPSA) is 27.8 Å². The van der Waals surface area contributed by atoms with E-state index < -0.39 is 0 Å². The van der Waals surface area contributed by atoms with Crippen LogP contribution in [-0.4, -0.2) is 12.0 Å². The molecule has 0 atom stereocenters. The van der Waals surface area contributed by atoms with Crippen molar-refractivity contribution in [3.05, 3.63) is 52.7 Å². The number of halogens is 1. The van der Waals surface area contributed by atoms with Gasteiger partial charge in [0.25, 0.3) is 0 Å². The lowest BCUT2D eigenvalue weighted by molar-refractivity contribution is 0.836. The quantitative estimate of drug-likeness (QED) is 0.585. The van der Waals surface area contributed by atoms with E-state index in [1.54, 1.807) is 0 Å². The smallest absolute Gasteiger partial charge is 0.0491 e. The molecular weight excluding hydrogens is 304 g/mol. The second-order valence-corrected chi connectivity index (χ2v) is 6.68. The average Bonchev–Trinajstić information content (AvgIpc) is 2.96. The highest BCUT2D eigenvalue weighted by Gasteiger charge is 2.11. The fraction of sp³-hybridized carbons (Fsp3) is 0.300. The Labute approximate surface area is 142 Å². The minimum atomic E-state index is 0.478. The van der Waals surface area contributed by atoms with E-state index >= 15 is 0 Å². The van der Waals surface area contributed by atoms with Crippen molar-refractivity contribution < 1.29 is 0 Å². The normalized spacial score (nSPS) is 11.4. The highest BCUT2D eigenvalue weighted by atomic mass is 35.5. The van der Waals surface area contributed by atoms with Gasteiger partial charge in [-0.15, -0.1) is 0 Å². The van der Waals surface area contributed by atoms with Crippen molar-refractivity contribution in [3.63, 3.8) is 0 Å². The molecule has 3 aromatic rings. The molecule has 3 rings (SSSR count). The maximum atomic E-state index is 6.57. The largest absolute Gasteiger partial charge is 0.388 e. The summed E-state index contributed by atoms with van der Waals surface area (Å²) in [5, 5.41) is 5.21. The third-order valence-electron chi connectivity index (χ3n) is 4.42. The summed E-state index contributed by atoms with van der Waals surface area (Å²) >= 11 is 6.57. The molecule has 2 nitrogen and oxygen atoms in total. The van der Waals surface area contributed by atoms with E-state index in [4.69, 9.17) is 11.6 Å². The predicted molar refractivity (Wildman–Crippen MR) is 102 cm³/mol. The van der Waals surface area contributed by atoms with Crippen LogP contribution in [0.4, 0.5) is 5.69 Å². The Hall–Kier alpha value is -1.93. The highest BCUT2D eigenvalue weighted by molar-refractivity contribution is 6.34. The van der Waals surface area contributed by atoms with Gasteiger partial charge in [-0.05, 0) is 53.8 Å². The first kappa shape index (κ1) is 15.9. The first-order valence-electron chi connectivity index (χ1n) is 8.16. The van der Waals surface area contributed by atoms with Gasteiger partial charge in [0.1, 0.15) is 0 Å². The number of aromatic nitrogens is 1. The van der Waals surface area contributed by atoms with E-state index in [9.17, 15) is 0 Å². The minimum Gasteiger partial charge on any atom is -0.388 e. The molecule has 1 aromatic heterocycles. The lowest BCUT2D eigenvalue weighted by Gasteiger charge is -2.11. The van der Waals surface area contributed by atoms with Crippen LogP contribution in [0.1, 0.15) is 37.9 Å². The minimum absolute atomic E-state index is 0.478. The molecule has 0 fully saturated rings. The Morgan fingerprint density at radius 1 is 1.13 bits per heavy atom. The molecule has 2 aromatic carbocycles. The molecule has 3 heteroatoms. The number of hydrogen-bond acceptors (Lipinski definition) is 1. The molecule has 0 aliphatic rings. The van der Waals surface area contributed by atoms with Crippen molar-refractivity contribution >= 4 is 28.2 Å². The molecule has 0 bridgehead atoms. The van der Waals surface area contributed by atoms with Crippen molar-refractivity contribution in [3.8, 4) is 11.1 Å². The summed E-state index contributed by atoms with van der Waals surface area (Å²) in [6.07, 6.45) is 0.990. The van der Waals surface area contributed by atoms with Crippen LogP contribution in [-0.2, 0) is 6.42 Å². The first-order valence-corrected chi connectivity index (χ1v) is 8.54. The van der Waals surface area contributed by atoms with Crippen LogP contribution in [0.15, 0.2) is 36.4 Å². The van der Waals surface area contributed by atoms with Crippen LogP contribution < -0.4 is 5.32 Å². The van der Waals surface area contributed by atoms with Gasteiger partial charge in [-0.1, -0.05) is 38.4 Å². The summed E-state index contributed by atoms with van der Waals surface area (Å²) in [5.41, 5.74) is 7.10. The zero-order valence-corrected chi connectivity index (χ0v) is 14.9. The second kappa shape index (κ2) is 6.29. The molecule has 23 heavy (non-hydrogen) atoms. The van der Waals surface area contributed by atoms with Crippen molar-refractivity contribution in [1.29, 1.82) is 0 Å². The molecule has 0 amide bonds. The average molecular weight is 327 g/mol. The Bertz CT molecular complexity index is 846. The fourth-order valence-corrected chi connectivity index (χ4v) is 3.29. The number of rotatable bonds is 4. The molecular formula is C20H23ClN2. The zero-order valence-electron chi connectivity index (χ0n) is 14.1. The first-order chi connectivity index (χ1) is 11.0. The van der Waals surface area contributed by atoms with Crippen LogP contribution in [0.2, 0.25) is 5.02 Å². The van der Waals surface area contributed by atoms with E-state index in [1.807, 2.05) is 7.05 Å². The van der Waals surface area contributed by atoms with Crippen LogP contribution in [0.25, 0.3) is 22.0 Å². The van der Waals surface area contributed by atoms with Crippen LogP contribution >= 0.6 is 11.6 Å². The fourth-order valence-electron chi connectivity index (χ4n) is 3.01. The molecule has 0 unspecified atom stereocenters. The van der Waals surface area contributed by atoms with Gasteiger partial charge in [0.2, 0.25) is 0 Å². The molecule has 0 aliphatic carbocycles. The van der Waals surface area contributed by atoms with Gasteiger partial charge < -0.3 is 10.3 Å². The van der Waals surface area contributed by atoms with E-state index in [2.05, 4.69) is 67.5 Å². The van der Waals surface area contributed by atoms with Crippen LogP contribution in [0.3, 0.4) is 0 Å². The third kappa shape index (κ3) is 2.96. The SMILES string of the molecule is CCc1cc(-c2cc3[nH]c(C(C)C)cc3cc2Cl)ccc1NC. The number of aryl methyl sites for hydroxylation is 1. The maximum Gasteiger partial charge on any atom is 0.0491 e. The summed E-state index contributed by atoms with van der Waals surface area (Å²) in [6, 6.07) is 12.9. The second-order valence-electron chi connectivity index (χ2n) is 6.27. The molecule has 120 valence electrons. The molecule has 0 spiro atoms. The van der Waals surface area contributed by atoms with E-state index in [-0.39, 0.29) is 0 Å². The molecule has 0 saturated heterocycles. The Balaban J connectivity index is 2.13. The monoisotopic (exact) mass is 326 g/mol. The van der Waals surface area contributed by atoms with E-state index in [0.717, 1.165) is 28.1 Å². The van der Waals surface area contributed by atoms with Gasteiger partial charge in [-0.2, -0.15) is 0 Å². The Morgan fingerprint density at radius 3 is 2.57 bits per heavy atom. The van der Waals surface area contributed by atoms with Gasteiger partial charge >= 0.3 is 0 Å². The van der Waals surface area contributed by atoms with Gasteiger partial charge in [0.05, 0.1) is 0 Å². The number of anilines is 1. The van der Waals surface area contributed by atoms with Crippen molar-refractivity contribution in [2.45, 2.75) is 33.1 Å². The van der Waals surface area contributed by atoms with Crippen LogP contribution in [0.5, 0.6) is 0 Å². The molecule has 0 aliphatic heterocycles. The number of aromatic amines is 1.